The van der Waals surface area contributed by atoms with Crippen LogP contribution in [0.2, 0.25) is 0 Å². The minimum absolute atomic E-state index is 0.0849. The standard InChI is InChI=1S/C15H21BrN4O/c1-3-6-18-14(12-4-7-17-8-5-12)15-13(16)11-19-20(15)9-10-21-2/h4-5,7-8,11,14,18H,3,6,9-10H2,1-2H3. The third kappa shape index (κ3) is 4.12. The molecule has 6 heteroatoms. The van der Waals surface area contributed by atoms with Crippen molar-refractivity contribution in [3.8, 4) is 0 Å². The molecule has 0 spiro atoms. The van der Waals surface area contributed by atoms with Gasteiger partial charge < -0.3 is 10.1 Å². The Morgan fingerprint density at radius 2 is 2.14 bits per heavy atom. The Labute approximate surface area is 133 Å². The monoisotopic (exact) mass is 352 g/mol. The van der Waals surface area contributed by atoms with Gasteiger partial charge in [-0.2, -0.15) is 5.10 Å². The predicted octanol–water partition coefficient (Wildman–Crippen LogP) is 2.78. The average Bonchev–Trinajstić information content (AvgIpc) is 2.88. The van der Waals surface area contributed by atoms with Crippen LogP contribution in [0.25, 0.3) is 0 Å². The quantitative estimate of drug-likeness (QED) is 0.793. The van der Waals surface area contributed by atoms with Crippen molar-refractivity contribution >= 4 is 15.9 Å². The summed E-state index contributed by atoms with van der Waals surface area (Å²) in [4.78, 5) is 4.10. The molecule has 0 aliphatic carbocycles. The van der Waals surface area contributed by atoms with E-state index in [2.05, 4.69) is 38.3 Å². The molecule has 114 valence electrons. The molecule has 2 aromatic rings. The molecule has 0 aromatic carbocycles. The van der Waals surface area contributed by atoms with Crippen molar-refractivity contribution in [1.82, 2.24) is 20.1 Å². The summed E-state index contributed by atoms with van der Waals surface area (Å²) in [6, 6.07) is 4.16. The fraction of sp³-hybridized carbons (Fsp3) is 0.467. The van der Waals surface area contributed by atoms with Gasteiger partial charge in [-0.05, 0) is 46.6 Å². The van der Waals surface area contributed by atoms with Crippen LogP contribution in [0.1, 0.15) is 30.6 Å². The van der Waals surface area contributed by atoms with Gasteiger partial charge in [0.05, 0.1) is 35.6 Å². The normalized spacial score (nSPS) is 12.5. The van der Waals surface area contributed by atoms with Gasteiger partial charge in [0.25, 0.3) is 0 Å². The molecule has 5 nitrogen and oxygen atoms in total. The van der Waals surface area contributed by atoms with Crippen LogP contribution in [-0.2, 0) is 11.3 Å². The summed E-state index contributed by atoms with van der Waals surface area (Å²) in [5, 5.41) is 8.03. The Morgan fingerprint density at radius 3 is 2.81 bits per heavy atom. The number of nitrogens with one attached hydrogen (secondary N) is 1. The summed E-state index contributed by atoms with van der Waals surface area (Å²) in [5.74, 6) is 0. The van der Waals surface area contributed by atoms with E-state index >= 15 is 0 Å². The maximum atomic E-state index is 5.17. The van der Waals surface area contributed by atoms with Gasteiger partial charge in [-0.15, -0.1) is 0 Å². The van der Waals surface area contributed by atoms with Crippen molar-refractivity contribution in [2.45, 2.75) is 25.9 Å². The van der Waals surface area contributed by atoms with Crippen LogP contribution in [0, 0.1) is 0 Å². The molecule has 1 atom stereocenters. The highest BCUT2D eigenvalue weighted by Crippen LogP contribution is 2.28. The fourth-order valence-electron chi connectivity index (χ4n) is 2.23. The fourth-order valence-corrected chi connectivity index (χ4v) is 2.76. The Balaban J connectivity index is 2.34. The molecule has 0 amide bonds. The summed E-state index contributed by atoms with van der Waals surface area (Å²) < 4.78 is 8.16. The van der Waals surface area contributed by atoms with Gasteiger partial charge in [0, 0.05) is 19.5 Å². The van der Waals surface area contributed by atoms with E-state index in [4.69, 9.17) is 4.74 Å². The minimum atomic E-state index is 0.0849. The summed E-state index contributed by atoms with van der Waals surface area (Å²) in [6.07, 6.45) is 6.55. The topological polar surface area (TPSA) is 52.0 Å². The number of hydrogen-bond donors (Lipinski definition) is 1. The van der Waals surface area contributed by atoms with Crippen LogP contribution in [0.15, 0.2) is 35.2 Å². The van der Waals surface area contributed by atoms with Gasteiger partial charge in [-0.25, -0.2) is 0 Å². The zero-order valence-corrected chi connectivity index (χ0v) is 14.0. The second-order valence-corrected chi connectivity index (χ2v) is 5.62. The smallest absolute Gasteiger partial charge is 0.0760 e. The third-order valence-corrected chi connectivity index (χ3v) is 3.86. The molecule has 0 fully saturated rings. The van der Waals surface area contributed by atoms with Crippen LogP contribution in [0.4, 0.5) is 0 Å². The van der Waals surface area contributed by atoms with Gasteiger partial charge in [0.15, 0.2) is 0 Å². The molecule has 0 radical (unpaired) electrons. The molecule has 0 aliphatic heterocycles. The number of aromatic nitrogens is 3. The van der Waals surface area contributed by atoms with Gasteiger partial charge in [-0.1, -0.05) is 6.92 Å². The first-order valence-corrected chi connectivity index (χ1v) is 7.90. The molecule has 2 heterocycles. The predicted molar refractivity (Wildman–Crippen MR) is 86.2 cm³/mol. The molecule has 1 unspecified atom stereocenters. The van der Waals surface area contributed by atoms with E-state index in [0.29, 0.717) is 6.61 Å². The van der Waals surface area contributed by atoms with Gasteiger partial charge >= 0.3 is 0 Å². The van der Waals surface area contributed by atoms with E-state index in [-0.39, 0.29) is 6.04 Å². The summed E-state index contributed by atoms with van der Waals surface area (Å²) >= 11 is 3.62. The second-order valence-electron chi connectivity index (χ2n) is 4.76. The number of pyridine rings is 1. The lowest BCUT2D eigenvalue weighted by Gasteiger charge is -2.21. The van der Waals surface area contributed by atoms with Gasteiger partial charge in [-0.3, -0.25) is 9.67 Å². The van der Waals surface area contributed by atoms with Crippen molar-refractivity contribution < 1.29 is 4.74 Å². The van der Waals surface area contributed by atoms with Crippen LogP contribution in [0.3, 0.4) is 0 Å². The Hall–Kier alpha value is -1.24. The Morgan fingerprint density at radius 1 is 1.38 bits per heavy atom. The van der Waals surface area contributed by atoms with Crippen molar-refractivity contribution in [1.29, 1.82) is 0 Å². The molecule has 1 N–H and O–H groups in total. The molecule has 0 saturated heterocycles. The van der Waals surface area contributed by atoms with Crippen molar-refractivity contribution in [3.63, 3.8) is 0 Å². The highest BCUT2D eigenvalue weighted by Gasteiger charge is 2.21. The van der Waals surface area contributed by atoms with E-state index in [1.807, 2.05) is 35.4 Å². The van der Waals surface area contributed by atoms with E-state index in [1.165, 1.54) is 5.56 Å². The third-order valence-electron chi connectivity index (χ3n) is 3.25. The molecular weight excluding hydrogens is 332 g/mol. The number of nitrogens with zero attached hydrogens (tertiary/aromatic N) is 3. The maximum Gasteiger partial charge on any atom is 0.0760 e. The van der Waals surface area contributed by atoms with E-state index < -0.39 is 0 Å². The minimum Gasteiger partial charge on any atom is -0.383 e. The zero-order valence-electron chi connectivity index (χ0n) is 12.4. The molecule has 2 rings (SSSR count). The number of hydrogen-bond acceptors (Lipinski definition) is 4. The molecule has 0 bridgehead atoms. The molecule has 0 saturated carbocycles. The highest BCUT2D eigenvalue weighted by atomic mass is 79.9. The first-order chi connectivity index (χ1) is 10.3. The lowest BCUT2D eigenvalue weighted by molar-refractivity contribution is 0.182. The SMILES string of the molecule is CCCNC(c1ccncc1)c1c(Br)cnn1CCOC. The lowest BCUT2D eigenvalue weighted by Crippen LogP contribution is -2.26. The average molecular weight is 353 g/mol. The molecule has 21 heavy (non-hydrogen) atoms. The summed E-state index contributed by atoms with van der Waals surface area (Å²) in [6.45, 7) is 4.47. The Kier molecular flexibility index (Phi) is 6.35. The number of methoxy groups -OCH3 is 1. The number of rotatable bonds is 8. The van der Waals surface area contributed by atoms with E-state index in [0.717, 1.165) is 29.7 Å². The Bertz CT molecular complexity index is 544. The van der Waals surface area contributed by atoms with Crippen LogP contribution >= 0.6 is 15.9 Å². The number of halogens is 1. The van der Waals surface area contributed by atoms with Crippen molar-refractivity contribution in [2.75, 3.05) is 20.3 Å². The zero-order chi connectivity index (χ0) is 15.1. The van der Waals surface area contributed by atoms with Crippen LogP contribution in [-0.4, -0.2) is 35.0 Å². The molecular formula is C15H21BrN4O. The van der Waals surface area contributed by atoms with Crippen LogP contribution < -0.4 is 5.32 Å². The van der Waals surface area contributed by atoms with Gasteiger partial charge in [0.2, 0.25) is 0 Å². The largest absolute Gasteiger partial charge is 0.383 e. The highest BCUT2D eigenvalue weighted by molar-refractivity contribution is 9.10. The van der Waals surface area contributed by atoms with Gasteiger partial charge in [0.1, 0.15) is 0 Å². The summed E-state index contributed by atoms with van der Waals surface area (Å²) in [7, 11) is 1.70. The molecule has 2 aromatic heterocycles. The summed E-state index contributed by atoms with van der Waals surface area (Å²) in [5.41, 5.74) is 2.30. The van der Waals surface area contributed by atoms with E-state index in [9.17, 15) is 0 Å². The first kappa shape index (κ1) is 16.1. The molecule has 0 aliphatic rings. The number of ether oxygens (including phenoxy) is 1. The first-order valence-electron chi connectivity index (χ1n) is 7.11. The second kappa shape index (κ2) is 8.26. The van der Waals surface area contributed by atoms with Crippen LogP contribution in [0.5, 0.6) is 0 Å². The van der Waals surface area contributed by atoms with Crippen molar-refractivity contribution in [3.05, 3.63) is 46.5 Å². The maximum absolute atomic E-state index is 5.17. The van der Waals surface area contributed by atoms with Crippen molar-refractivity contribution in [2.24, 2.45) is 0 Å². The van der Waals surface area contributed by atoms with E-state index in [1.54, 1.807) is 7.11 Å². The lowest BCUT2D eigenvalue weighted by atomic mass is 10.0.